The number of ether oxygens (including phenoxy) is 2. The van der Waals surface area contributed by atoms with Gasteiger partial charge in [-0.1, -0.05) is 28.1 Å². The van der Waals surface area contributed by atoms with E-state index in [1.54, 1.807) is 42.5 Å². The molecule has 1 amide bonds. The molecule has 0 saturated heterocycles. The van der Waals surface area contributed by atoms with Gasteiger partial charge in [0.15, 0.2) is 6.61 Å². The van der Waals surface area contributed by atoms with Crippen LogP contribution >= 0.6 is 15.9 Å². The van der Waals surface area contributed by atoms with Gasteiger partial charge in [0.05, 0.1) is 18.5 Å². The van der Waals surface area contributed by atoms with E-state index in [9.17, 15) is 10.1 Å². The van der Waals surface area contributed by atoms with Crippen LogP contribution < -0.4 is 26.3 Å². The summed E-state index contributed by atoms with van der Waals surface area (Å²) in [6, 6.07) is 14.1. The number of hydrogen-bond donors (Lipinski definition) is 3. The van der Waals surface area contributed by atoms with Gasteiger partial charge in [0.1, 0.15) is 28.9 Å². The van der Waals surface area contributed by atoms with Crippen LogP contribution in [0.2, 0.25) is 0 Å². The largest absolute Gasteiger partial charge is 0.495 e. The Morgan fingerprint density at radius 1 is 1.20 bits per heavy atom. The molecule has 1 aromatic heterocycles. The van der Waals surface area contributed by atoms with Gasteiger partial charge in [-0.2, -0.15) is 10.2 Å². The first-order valence-corrected chi connectivity index (χ1v) is 9.41. The molecule has 0 radical (unpaired) electrons. The average Bonchev–Trinajstić information content (AvgIpc) is 2.72. The molecular formula is C20H17BrN6O3. The van der Waals surface area contributed by atoms with Crippen LogP contribution in [-0.2, 0) is 4.79 Å². The number of anilines is 3. The second-order valence-corrected chi connectivity index (χ2v) is 6.90. The quantitative estimate of drug-likeness (QED) is 0.499. The Labute approximate surface area is 180 Å². The Bertz CT molecular complexity index is 1150. The topological polar surface area (TPSA) is 149 Å². The van der Waals surface area contributed by atoms with Crippen LogP contribution in [0.15, 0.2) is 46.9 Å². The van der Waals surface area contributed by atoms with Gasteiger partial charge in [0.25, 0.3) is 5.91 Å². The summed E-state index contributed by atoms with van der Waals surface area (Å²) in [7, 11) is 1.52. The maximum Gasteiger partial charge on any atom is 0.262 e. The van der Waals surface area contributed by atoms with Crippen molar-refractivity contribution in [2.45, 2.75) is 0 Å². The predicted octanol–water partition coefficient (Wildman–Crippen LogP) is 2.97. The smallest absolute Gasteiger partial charge is 0.262 e. The molecule has 0 spiro atoms. The lowest BCUT2D eigenvalue weighted by atomic mass is 10.1. The summed E-state index contributed by atoms with van der Waals surface area (Å²) in [5, 5.41) is 12.2. The average molecular weight is 469 g/mol. The van der Waals surface area contributed by atoms with Crippen molar-refractivity contribution in [3.8, 4) is 28.8 Å². The number of nitrogen functional groups attached to an aromatic ring is 2. The summed E-state index contributed by atoms with van der Waals surface area (Å²) in [5.74, 6) is 0.333. The molecule has 0 aliphatic rings. The Morgan fingerprint density at radius 3 is 2.70 bits per heavy atom. The fourth-order valence-corrected chi connectivity index (χ4v) is 3.05. The first-order valence-electron chi connectivity index (χ1n) is 8.61. The predicted molar refractivity (Wildman–Crippen MR) is 116 cm³/mol. The van der Waals surface area contributed by atoms with Crippen LogP contribution in [0.5, 0.6) is 11.5 Å². The first-order chi connectivity index (χ1) is 14.4. The molecule has 9 nitrogen and oxygen atoms in total. The fraction of sp³-hybridized carbons (Fsp3) is 0.100. The number of para-hydroxylation sites is 2. The van der Waals surface area contributed by atoms with E-state index in [-0.39, 0.29) is 29.6 Å². The van der Waals surface area contributed by atoms with E-state index < -0.39 is 5.91 Å². The van der Waals surface area contributed by atoms with Crippen molar-refractivity contribution >= 4 is 39.3 Å². The molecule has 3 rings (SSSR count). The molecule has 0 fully saturated rings. The van der Waals surface area contributed by atoms with Gasteiger partial charge in [0, 0.05) is 10.0 Å². The van der Waals surface area contributed by atoms with Crippen LogP contribution in [-0.4, -0.2) is 29.6 Å². The summed E-state index contributed by atoms with van der Waals surface area (Å²) >= 11 is 3.38. The number of rotatable bonds is 6. The zero-order chi connectivity index (χ0) is 21.7. The zero-order valence-electron chi connectivity index (χ0n) is 15.8. The normalized spacial score (nSPS) is 10.2. The van der Waals surface area contributed by atoms with Crippen molar-refractivity contribution in [2.24, 2.45) is 0 Å². The van der Waals surface area contributed by atoms with E-state index in [1.165, 1.54) is 7.11 Å². The molecule has 0 aliphatic heterocycles. The molecule has 10 heteroatoms. The highest BCUT2D eigenvalue weighted by molar-refractivity contribution is 9.10. The molecular weight excluding hydrogens is 452 g/mol. The minimum atomic E-state index is -0.393. The summed E-state index contributed by atoms with van der Waals surface area (Å²) in [6.07, 6.45) is 0. The van der Waals surface area contributed by atoms with Crippen molar-refractivity contribution < 1.29 is 14.3 Å². The molecule has 1 heterocycles. The molecule has 0 unspecified atom stereocenters. The standard InChI is InChI=1S/C20H17BrN6O3/c1-29-16-5-3-2-4-14(16)25-17(28)10-30-15-7-6-11(21)8-12(15)18-13(9-22)19(23)27-20(24)26-18/h2-8H,10H2,1H3,(H,25,28)(H4,23,24,26,27). The third kappa shape index (κ3) is 4.59. The number of nitrogens with two attached hydrogens (primary N) is 2. The van der Waals surface area contributed by atoms with Crippen LogP contribution in [0.3, 0.4) is 0 Å². The molecule has 2 aromatic carbocycles. The number of nitriles is 1. The Morgan fingerprint density at radius 2 is 1.97 bits per heavy atom. The second kappa shape index (κ2) is 9.11. The summed E-state index contributed by atoms with van der Waals surface area (Å²) < 4.78 is 11.6. The van der Waals surface area contributed by atoms with Crippen molar-refractivity contribution in [3.05, 3.63) is 52.5 Å². The van der Waals surface area contributed by atoms with E-state index in [2.05, 4.69) is 31.2 Å². The van der Waals surface area contributed by atoms with Crippen molar-refractivity contribution in [3.63, 3.8) is 0 Å². The maximum absolute atomic E-state index is 12.4. The van der Waals surface area contributed by atoms with Crippen molar-refractivity contribution in [2.75, 3.05) is 30.5 Å². The lowest BCUT2D eigenvalue weighted by Gasteiger charge is -2.14. The number of methoxy groups -OCH3 is 1. The highest BCUT2D eigenvalue weighted by Crippen LogP contribution is 2.35. The van der Waals surface area contributed by atoms with Gasteiger partial charge < -0.3 is 26.3 Å². The number of nitrogens with one attached hydrogen (secondary N) is 1. The zero-order valence-corrected chi connectivity index (χ0v) is 17.4. The van der Waals surface area contributed by atoms with Gasteiger partial charge in [-0.3, -0.25) is 4.79 Å². The number of benzene rings is 2. The molecule has 0 atom stereocenters. The lowest BCUT2D eigenvalue weighted by Crippen LogP contribution is -2.20. The Balaban J connectivity index is 1.87. The molecule has 0 bridgehead atoms. The summed E-state index contributed by atoms with van der Waals surface area (Å²) in [5.41, 5.74) is 12.7. The fourth-order valence-electron chi connectivity index (χ4n) is 2.69. The van der Waals surface area contributed by atoms with E-state index in [4.69, 9.17) is 20.9 Å². The second-order valence-electron chi connectivity index (χ2n) is 5.98. The monoisotopic (exact) mass is 468 g/mol. The number of aromatic nitrogens is 2. The van der Waals surface area contributed by atoms with Crippen molar-refractivity contribution in [1.82, 2.24) is 9.97 Å². The Hall–Kier alpha value is -3.84. The molecule has 152 valence electrons. The van der Waals surface area contributed by atoms with E-state index in [0.29, 0.717) is 27.2 Å². The first kappa shape index (κ1) is 20.9. The number of amides is 1. The highest BCUT2D eigenvalue weighted by Gasteiger charge is 2.18. The van der Waals surface area contributed by atoms with Crippen LogP contribution in [0, 0.1) is 11.3 Å². The van der Waals surface area contributed by atoms with Gasteiger partial charge in [-0.15, -0.1) is 0 Å². The van der Waals surface area contributed by atoms with E-state index in [1.807, 2.05) is 6.07 Å². The molecule has 0 saturated carbocycles. The SMILES string of the molecule is COc1ccccc1NC(=O)COc1ccc(Br)cc1-c1nc(N)nc(N)c1C#N. The third-order valence-electron chi connectivity index (χ3n) is 4.00. The van der Waals surface area contributed by atoms with Gasteiger partial charge in [-0.25, -0.2) is 4.98 Å². The third-order valence-corrected chi connectivity index (χ3v) is 4.50. The lowest BCUT2D eigenvalue weighted by molar-refractivity contribution is -0.118. The molecule has 0 aliphatic carbocycles. The molecule has 30 heavy (non-hydrogen) atoms. The molecule has 5 N–H and O–H groups in total. The van der Waals surface area contributed by atoms with Gasteiger partial charge in [-0.05, 0) is 30.3 Å². The maximum atomic E-state index is 12.4. The number of carbonyl (C=O) groups excluding carboxylic acids is 1. The number of hydrogen-bond acceptors (Lipinski definition) is 8. The van der Waals surface area contributed by atoms with Crippen LogP contribution in [0.25, 0.3) is 11.3 Å². The van der Waals surface area contributed by atoms with Crippen LogP contribution in [0.1, 0.15) is 5.56 Å². The van der Waals surface area contributed by atoms with Gasteiger partial charge >= 0.3 is 0 Å². The number of nitrogens with zero attached hydrogens (tertiary/aromatic N) is 3. The minimum Gasteiger partial charge on any atom is -0.495 e. The Kier molecular flexibility index (Phi) is 6.34. The highest BCUT2D eigenvalue weighted by atomic mass is 79.9. The minimum absolute atomic E-state index is 0.0418. The molecule has 3 aromatic rings. The van der Waals surface area contributed by atoms with Crippen LogP contribution in [0.4, 0.5) is 17.5 Å². The van der Waals surface area contributed by atoms with Crippen molar-refractivity contribution in [1.29, 1.82) is 5.26 Å². The summed E-state index contributed by atoms with van der Waals surface area (Å²) in [6.45, 7) is -0.287. The number of halogens is 1. The number of carbonyl (C=O) groups is 1. The van der Waals surface area contributed by atoms with E-state index >= 15 is 0 Å². The summed E-state index contributed by atoms with van der Waals surface area (Å²) in [4.78, 5) is 20.3. The van der Waals surface area contributed by atoms with E-state index in [0.717, 1.165) is 0 Å². The van der Waals surface area contributed by atoms with Gasteiger partial charge in [0.2, 0.25) is 5.95 Å².